The highest BCUT2D eigenvalue weighted by Gasteiger charge is 2.08. The Labute approximate surface area is 86.0 Å². The second-order valence-electron chi connectivity index (χ2n) is 3.53. The van der Waals surface area contributed by atoms with Crippen LogP contribution >= 0.6 is 0 Å². The molecular formula is C12H16N2. The van der Waals surface area contributed by atoms with Gasteiger partial charge in [-0.3, -0.25) is 9.88 Å². The second-order valence-corrected chi connectivity index (χ2v) is 3.53. The summed E-state index contributed by atoms with van der Waals surface area (Å²) in [5, 5.41) is 0. The molecule has 74 valence electrons. The first kappa shape index (κ1) is 10.7. The Bertz CT molecular complexity index is 300. The number of rotatable bonds is 4. The third kappa shape index (κ3) is 3.20. The number of nitrogens with zero attached hydrogens (tertiary/aromatic N) is 2. The molecule has 1 aromatic heterocycles. The van der Waals surface area contributed by atoms with Crippen molar-refractivity contribution in [3.8, 4) is 12.3 Å². The van der Waals surface area contributed by atoms with Crippen molar-refractivity contribution in [2.75, 3.05) is 13.6 Å². The predicted octanol–water partition coefficient (Wildman–Crippen LogP) is 1.58. The molecule has 0 fully saturated rings. The van der Waals surface area contributed by atoms with E-state index in [1.807, 2.05) is 19.3 Å². The first-order valence-electron chi connectivity index (χ1n) is 4.76. The van der Waals surface area contributed by atoms with Gasteiger partial charge in [0.15, 0.2) is 0 Å². The first-order chi connectivity index (χ1) is 6.74. The molecule has 0 amide bonds. The smallest absolute Gasteiger partial charge is 0.0598 e. The molecule has 0 saturated heterocycles. The number of likely N-dealkylation sites (N-methyl/N-ethyl adjacent to an activating group) is 1. The molecule has 0 saturated carbocycles. The molecule has 14 heavy (non-hydrogen) atoms. The van der Waals surface area contributed by atoms with Crippen LogP contribution in [0.4, 0.5) is 0 Å². The topological polar surface area (TPSA) is 16.1 Å². The number of aromatic nitrogens is 1. The quantitative estimate of drug-likeness (QED) is 0.667. The Balaban J connectivity index is 2.49. The van der Waals surface area contributed by atoms with E-state index in [2.05, 4.69) is 28.8 Å². The monoisotopic (exact) mass is 188 g/mol. The predicted molar refractivity (Wildman–Crippen MR) is 58.9 cm³/mol. The molecule has 0 spiro atoms. The fourth-order valence-electron chi connectivity index (χ4n) is 1.32. The second kappa shape index (κ2) is 5.41. The highest BCUT2D eigenvalue weighted by Crippen LogP contribution is 2.05. The van der Waals surface area contributed by atoms with Crippen molar-refractivity contribution >= 4 is 0 Å². The van der Waals surface area contributed by atoms with Crippen molar-refractivity contribution in [3.05, 3.63) is 30.1 Å². The molecule has 0 aliphatic carbocycles. The Morgan fingerprint density at radius 1 is 1.64 bits per heavy atom. The molecule has 1 rings (SSSR count). The lowest BCUT2D eigenvalue weighted by atomic mass is 10.1. The standard InChI is InChI=1S/C12H16N2/c1-4-8-14(3)11(2)9-12-6-5-7-13-10-12/h1,5-7,10-11H,8-9H2,2-3H3/t11-/m0/s1. The molecular weight excluding hydrogens is 172 g/mol. The van der Waals surface area contributed by atoms with Gasteiger partial charge in [0, 0.05) is 18.4 Å². The summed E-state index contributed by atoms with van der Waals surface area (Å²) in [6.07, 6.45) is 9.94. The highest BCUT2D eigenvalue weighted by atomic mass is 15.1. The molecule has 2 nitrogen and oxygen atoms in total. The van der Waals surface area contributed by atoms with Crippen LogP contribution in [0, 0.1) is 12.3 Å². The Morgan fingerprint density at radius 2 is 2.43 bits per heavy atom. The van der Waals surface area contributed by atoms with Crippen molar-refractivity contribution < 1.29 is 0 Å². The van der Waals surface area contributed by atoms with Crippen molar-refractivity contribution in [2.45, 2.75) is 19.4 Å². The maximum atomic E-state index is 5.26. The van der Waals surface area contributed by atoms with Crippen LogP contribution < -0.4 is 0 Å². The van der Waals surface area contributed by atoms with Crippen LogP contribution in [0.3, 0.4) is 0 Å². The average Bonchev–Trinajstić information content (AvgIpc) is 2.19. The van der Waals surface area contributed by atoms with Crippen LogP contribution in [-0.2, 0) is 6.42 Å². The van der Waals surface area contributed by atoms with Crippen LogP contribution in [0.1, 0.15) is 12.5 Å². The summed E-state index contributed by atoms with van der Waals surface area (Å²) in [5.74, 6) is 2.64. The van der Waals surface area contributed by atoms with Crippen LogP contribution in [-0.4, -0.2) is 29.5 Å². The molecule has 0 radical (unpaired) electrons. The van der Waals surface area contributed by atoms with E-state index >= 15 is 0 Å². The fraction of sp³-hybridized carbons (Fsp3) is 0.417. The van der Waals surface area contributed by atoms with Gasteiger partial charge in [0.25, 0.3) is 0 Å². The summed E-state index contributed by atoms with van der Waals surface area (Å²) in [4.78, 5) is 6.24. The van der Waals surface area contributed by atoms with Crippen molar-refractivity contribution in [2.24, 2.45) is 0 Å². The minimum Gasteiger partial charge on any atom is -0.292 e. The molecule has 1 aromatic rings. The van der Waals surface area contributed by atoms with Gasteiger partial charge in [-0.25, -0.2) is 0 Å². The van der Waals surface area contributed by atoms with E-state index in [4.69, 9.17) is 6.42 Å². The molecule has 0 aliphatic heterocycles. The van der Waals surface area contributed by atoms with E-state index in [0.717, 1.165) is 6.42 Å². The van der Waals surface area contributed by atoms with Gasteiger partial charge < -0.3 is 0 Å². The van der Waals surface area contributed by atoms with E-state index in [-0.39, 0.29) is 0 Å². The zero-order chi connectivity index (χ0) is 10.4. The number of hydrogen-bond acceptors (Lipinski definition) is 2. The summed E-state index contributed by atoms with van der Waals surface area (Å²) < 4.78 is 0. The molecule has 1 heterocycles. The van der Waals surface area contributed by atoms with Crippen LogP contribution in [0.2, 0.25) is 0 Å². The molecule has 1 atom stereocenters. The van der Waals surface area contributed by atoms with Crippen LogP contribution in [0.15, 0.2) is 24.5 Å². The van der Waals surface area contributed by atoms with E-state index < -0.39 is 0 Å². The fourth-order valence-corrected chi connectivity index (χ4v) is 1.32. The van der Waals surface area contributed by atoms with Gasteiger partial charge in [0.05, 0.1) is 6.54 Å². The maximum Gasteiger partial charge on any atom is 0.0598 e. The largest absolute Gasteiger partial charge is 0.292 e. The minimum atomic E-state index is 0.454. The molecule has 2 heteroatoms. The van der Waals surface area contributed by atoms with Gasteiger partial charge >= 0.3 is 0 Å². The Kier molecular flexibility index (Phi) is 4.15. The number of terminal acetylenes is 1. The zero-order valence-corrected chi connectivity index (χ0v) is 8.77. The molecule has 0 unspecified atom stereocenters. The van der Waals surface area contributed by atoms with Gasteiger partial charge in [0.1, 0.15) is 0 Å². The van der Waals surface area contributed by atoms with Gasteiger partial charge in [-0.1, -0.05) is 12.0 Å². The average molecular weight is 188 g/mol. The lowest BCUT2D eigenvalue weighted by Gasteiger charge is -2.22. The molecule has 0 aromatic carbocycles. The zero-order valence-electron chi connectivity index (χ0n) is 8.77. The van der Waals surface area contributed by atoms with Crippen molar-refractivity contribution in [1.29, 1.82) is 0 Å². The van der Waals surface area contributed by atoms with Crippen molar-refractivity contribution in [1.82, 2.24) is 9.88 Å². The third-order valence-electron chi connectivity index (χ3n) is 2.35. The van der Waals surface area contributed by atoms with Gasteiger partial charge in [-0.2, -0.15) is 0 Å². The van der Waals surface area contributed by atoms with Gasteiger partial charge in [0.2, 0.25) is 0 Å². The number of pyridine rings is 1. The molecule has 0 N–H and O–H groups in total. The summed E-state index contributed by atoms with van der Waals surface area (Å²) in [6.45, 7) is 2.87. The SMILES string of the molecule is C#CCN(C)[C@@H](C)Cc1cccnc1. The minimum absolute atomic E-state index is 0.454. The summed E-state index contributed by atoms with van der Waals surface area (Å²) >= 11 is 0. The van der Waals surface area contributed by atoms with E-state index in [9.17, 15) is 0 Å². The normalized spacial score (nSPS) is 12.4. The maximum absolute atomic E-state index is 5.26. The van der Waals surface area contributed by atoms with Crippen molar-refractivity contribution in [3.63, 3.8) is 0 Å². The third-order valence-corrected chi connectivity index (χ3v) is 2.35. The van der Waals surface area contributed by atoms with Gasteiger partial charge in [-0.15, -0.1) is 6.42 Å². The van der Waals surface area contributed by atoms with E-state index in [0.29, 0.717) is 12.6 Å². The van der Waals surface area contributed by atoms with E-state index in [1.165, 1.54) is 5.56 Å². The van der Waals surface area contributed by atoms with Crippen LogP contribution in [0.25, 0.3) is 0 Å². The summed E-state index contributed by atoms with van der Waals surface area (Å²) in [6, 6.07) is 4.51. The lowest BCUT2D eigenvalue weighted by molar-refractivity contribution is 0.287. The summed E-state index contributed by atoms with van der Waals surface area (Å²) in [7, 11) is 2.04. The summed E-state index contributed by atoms with van der Waals surface area (Å²) in [5.41, 5.74) is 1.25. The first-order valence-corrected chi connectivity index (χ1v) is 4.76. The van der Waals surface area contributed by atoms with Crippen LogP contribution in [0.5, 0.6) is 0 Å². The number of hydrogen-bond donors (Lipinski definition) is 0. The molecule has 0 bridgehead atoms. The Morgan fingerprint density at radius 3 is 3.00 bits per heavy atom. The van der Waals surface area contributed by atoms with Gasteiger partial charge in [-0.05, 0) is 32.0 Å². The Hall–Kier alpha value is -1.33. The van der Waals surface area contributed by atoms with E-state index in [1.54, 1.807) is 6.20 Å². The lowest BCUT2D eigenvalue weighted by Crippen LogP contribution is -2.31. The highest BCUT2D eigenvalue weighted by molar-refractivity contribution is 5.10. The molecule has 0 aliphatic rings.